The Kier molecular flexibility index (Phi) is 12.2. The third-order valence-corrected chi connectivity index (χ3v) is 14.4. The zero-order chi connectivity index (χ0) is 21.3. The maximum Gasteiger partial charge on any atom is 0.500 e. The van der Waals surface area contributed by atoms with Crippen molar-refractivity contribution in [3.8, 4) is 0 Å². The Bertz CT molecular complexity index is 398. The zero-order valence-corrected chi connectivity index (χ0v) is 21.2. The van der Waals surface area contributed by atoms with Crippen molar-refractivity contribution in [3.63, 3.8) is 0 Å². The van der Waals surface area contributed by atoms with Crippen LogP contribution in [0.15, 0.2) is 0 Å². The number of carbonyl (C=O) groups excluding carboxylic acids is 1. The summed E-state index contributed by atoms with van der Waals surface area (Å²) in [5, 5.41) is 3.35. The fraction of sp³-hybridized carbons (Fsp3) is 0.947. The molecule has 8 heteroatoms. The molecule has 0 aliphatic rings. The lowest BCUT2D eigenvalue weighted by molar-refractivity contribution is -0.139. The Morgan fingerprint density at radius 1 is 0.852 bits per heavy atom. The number of carbonyl (C=O) groups is 1. The molecule has 0 aromatic rings. The number of hydrogen-bond acceptors (Lipinski definition) is 6. The first-order valence-electron chi connectivity index (χ1n) is 10.1. The first kappa shape index (κ1) is 26.7. The van der Waals surface area contributed by atoms with Gasteiger partial charge in [-0.2, -0.15) is 0 Å². The second kappa shape index (κ2) is 12.3. The van der Waals surface area contributed by atoms with Crippen LogP contribution in [-0.2, 0) is 22.5 Å². The van der Waals surface area contributed by atoms with E-state index in [2.05, 4.69) is 46.9 Å². The largest absolute Gasteiger partial charge is 0.518 e. The Hall–Kier alpha value is -0.256. The van der Waals surface area contributed by atoms with E-state index in [1.165, 1.54) is 0 Å². The Balaban J connectivity index is 4.58. The molecule has 1 unspecified atom stereocenters. The first-order chi connectivity index (χ1) is 12.5. The predicted octanol–water partition coefficient (Wildman–Crippen LogP) is 4.20. The lowest BCUT2D eigenvalue weighted by atomic mass is 10.2. The van der Waals surface area contributed by atoms with Crippen molar-refractivity contribution in [3.05, 3.63) is 0 Å². The highest BCUT2D eigenvalue weighted by Crippen LogP contribution is 2.42. The summed E-state index contributed by atoms with van der Waals surface area (Å²) in [4.78, 5) is 12.8. The maximum absolute atomic E-state index is 12.8. The van der Waals surface area contributed by atoms with E-state index in [1.54, 1.807) is 21.3 Å². The molecule has 162 valence electrons. The average molecular weight is 422 g/mol. The Morgan fingerprint density at radius 2 is 1.30 bits per heavy atom. The molecule has 0 rings (SSSR count). The minimum Gasteiger partial charge on any atom is -0.518 e. The van der Waals surface area contributed by atoms with Gasteiger partial charge in [-0.15, -0.1) is 0 Å². The van der Waals surface area contributed by atoms with Gasteiger partial charge >= 0.3 is 8.80 Å². The van der Waals surface area contributed by atoms with Crippen LogP contribution in [0.5, 0.6) is 0 Å². The maximum atomic E-state index is 12.8. The fourth-order valence-corrected chi connectivity index (χ4v) is 11.0. The summed E-state index contributed by atoms with van der Waals surface area (Å²) in [5.41, 5.74) is 1.20. The summed E-state index contributed by atoms with van der Waals surface area (Å²) >= 11 is 0. The SMILES string of the molecule is CO[Si](CCCNCC(C)C(=O)O[Si](C(C)C)(C(C)C)C(C)C)(OC)OC. The van der Waals surface area contributed by atoms with Gasteiger partial charge < -0.3 is 23.0 Å². The lowest BCUT2D eigenvalue weighted by Gasteiger charge is -2.41. The van der Waals surface area contributed by atoms with Crippen LogP contribution in [0.3, 0.4) is 0 Å². The van der Waals surface area contributed by atoms with Crippen LogP contribution in [0.4, 0.5) is 0 Å². The molecule has 0 fully saturated rings. The smallest absolute Gasteiger partial charge is 0.500 e. The predicted molar refractivity (Wildman–Crippen MR) is 115 cm³/mol. The minimum absolute atomic E-state index is 0.0698. The van der Waals surface area contributed by atoms with E-state index in [9.17, 15) is 4.79 Å². The number of hydrogen-bond donors (Lipinski definition) is 1. The van der Waals surface area contributed by atoms with Crippen LogP contribution in [-0.4, -0.2) is 57.5 Å². The standard InChI is InChI=1S/C19H43NO5Si2/c1-15(2)27(16(3)4,17(5)6)25-19(21)18(7)14-20-12-11-13-26(22-8,23-9)24-10/h15-18,20H,11-14H2,1-10H3. The van der Waals surface area contributed by atoms with Gasteiger partial charge in [0.1, 0.15) is 0 Å². The minimum atomic E-state index is -2.51. The van der Waals surface area contributed by atoms with E-state index in [4.69, 9.17) is 17.7 Å². The highest BCUT2D eigenvalue weighted by Gasteiger charge is 2.48. The summed E-state index contributed by atoms with van der Waals surface area (Å²) < 4.78 is 22.5. The molecular weight excluding hydrogens is 378 g/mol. The van der Waals surface area contributed by atoms with E-state index in [0.29, 0.717) is 23.2 Å². The van der Waals surface area contributed by atoms with Gasteiger partial charge in [0.05, 0.1) is 5.92 Å². The third-order valence-electron chi connectivity index (χ3n) is 5.61. The summed E-state index contributed by atoms with van der Waals surface area (Å²) in [6.07, 6.45) is 0.867. The first-order valence-corrected chi connectivity index (χ1v) is 14.2. The fourth-order valence-electron chi connectivity index (χ4n) is 4.02. The van der Waals surface area contributed by atoms with Crippen LogP contribution < -0.4 is 5.32 Å². The molecule has 1 atom stereocenters. The Morgan fingerprint density at radius 3 is 1.67 bits per heavy atom. The zero-order valence-electron chi connectivity index (χ0n) is 19.2. The van der Waals surface area contributed by atoms with E-state index in [0.717, 1.165) is 19.0 Å². The quantitative estimate of drug-likeness (QED) is 0.335. The van der Waals surface area contributed by atoms with Crippen molar-refractivity contribution < 1.29 is 22.5 Å². The van der Waals surface area contributed by atoms with Gasteiger partial charge in [0.25, 0.3) is 14.3 Å². The number of nitrogens with one attached hydrogen (secondary N) is 1. The van der Waals surface area contributed by atoms with Crippen LogP contribution in [0, 0.1) is 5.92 Å². The van der Waals surface area contributed by atoms with Crippen molar-refractivity contribution in [2.45, 2.75) is 77.6 Å². The normalized spacial score (nSPS) is 14.3. The molecule has 0 heterocycles. The van der Waals surface area contributed by atoms with E-state index >= 15 is 0 Å². The van der Waals surface area contributed by atoms with Crippen LogP contribution >= 0.6 is 0 Å². The lowest BCUT2D eigenvalue weighted by Crippen LogP contribution is -2.50. The highest BCUT2D eigenvalue weighted by atomic mass is 28.4. The molecule has 0 aliphatic heterocycles. The molecule has 0 spiro atoms. The second-order valence-corrected chi connectivity index (χ2v) is 16.7. The topological polar surface area (TPSA) is 66.0 Å². The van der Waals surface area contributed by atoms with E-state index in [-0.39, 0.29) is 11.9 Å². The molecule has 27 heavy (non-hydrogen) atoms. The summed E-state index contributed by atoms with van der Waals surface area (Å²) in [7, 11) is 0.191. The van der Waals surface area contributed by atoms with Crippen molar-refractivity contribution in [1.82, 2.24) is 5.32 Å². The molecule has 0 saturated carbocycles. The van der Waals surface area contributed by atoms with Crippen LogP contribution in [0.1, 0.15) is 54.9 Å². The summed E-state index contributed by atoms with van der Waals surface area (Å²) in [5.74, 6) is -0.234. The van der Waals surface area contributed by atoms with Crippen LogP contribution in [0.2, 0.25) is 22.7 Å². The van der Waals surface area contributed by atoms with Gasteiger partial charge in [-0.05, 0) is 29.6 Å². The van der Waals surface area contributed by atoms with Crippen molar-refractivity contribution >= 4 is 23.1 Å². The molecule has 0 aliphatic carbocycles. The van der Waals surface area contributed by atoms with Gasteiger partial charge in [0.15, 0.2) is 0 Å². The molecule has 0 amide bonds. The van der Waals surface area contributed by atoms with Crippen LogP contribution in [0.25, 0.3) is 0 Å². The number of rotatable bonds is 14. The monoisotopic (exact) mass is 421 g/mol. The van der Waals surface area contributed by atoms with Gasteiger partial charge in [-0.25, -0.2) is 0 Å². The average Bonchev–Trinajstić information content (AvgIpc) is 2.61. The highest BCUT2D eigenvalue weighted by molar-refractivity contribution is 6.78. The van der Waals surface area contributed by atoms with Gasteiger partial charge in [-0.3, -0.25) is 4.79 Å². The molecule has 0 aromatic heterocycles. The van der Waals surface area contributed by atoms with E-state index < -0.39 is 17.1 Å². The van der Waals surface area contributed by atoms with Gasteiger partial charge in [-0.1, -0.05) is 48.5 Å². The molecule has 0 saturated heterocycles. The van der Waals surface area contributed by atoms with Crippen molar-refractivity contribution in [2.75, 3.05) is 34.4 Å². The molecule has 0 bridgehead atoms. The van der Waals surface area contributed by atoms with Gasteiger partial charge in [0, 0.05) is 33.9 Å². The third kappa shape index (κ3) is 7.25. The van der Waals surface area contributed by atoms with Gasteiger partial charge in [0.2, 0.25) is 0 Å². The molecule has 1 N–H and O–H groups in total. The summed E-state index contributed by atoms with van der Waals surface area (Å²) in [6.45, 7) is 16.5. The molecule has 0 radical (unpaired) electrons. The molecular formula is C19H43NO5Si2. The Labute approximate surface area is 169 Å². The second-order valence-electron chi connectivity index (χ2n) is 8.24. The molecule has 6 nitrogen and oxygen atoms in total. The van der Waals surface area contributed by atoms with Crippen molar-refractivity contribution in [2.24, 2.45) is 5.92 Å². The summed E-state index contributed by atoms with van der Waals surface area (Å²) in [6, 6.07) is 0.742. The molecule has 0 aromatic carbocycles. The van der Waals surface area contributed by atoms with Crippen molar-refractivity contribution in [1.29, 1.82) is 0 Å². The van der Waals surface area contributed by atoms with E-state index in [1.807, 2.05) is 6.92 Å².